The Hall–Kier alpha value is -2.74. The van der Waals surface area contributed by atoms with E-state index in [1.165, 1.54) is 0 Å². The quantitative estimate of drug-likeness (QED) is 0.726. The highest BCUT2D eigenvalue weighted by atomic mass is 16.5. The van der Waals surface area contributed by atoms with Crippen LogP contribution in [0.3, 0.4) is 0 Å². The number of aromatic nitrogens is 5. The van der Waals surface area contributed by atoms with Crippen LogP contribution in [0.15, 0.2) is 24.3 Å². The highest BCUT2D eigenvalue weighted by Gasteiger charge is 2.29. The van der Waals surface area contributed by atoms with E-state index in [9.17, 15) is 0 Å². The van der Waals surface area contributed by atoms with Crippen molar-refractivity contribution < 1.29 is 4.74 Å². The Bertz CT molecular complexity index is 911. The smallest absolute Gasteiger partial charge is 0.184 e. The van der Waals surface area contributed by atoms with Gasteiger partial charge in [-0.15, -0.1) is 5.10 Å². The summed E-state index contributed by atoms with van der Waals surface area (Å²) >= 11 is 0. The molecule has 0 unspecified atom stereocenters. The first-order valence-electron chi connectivity index (χ1n) is 8.61. The van der Waals surface area contributed by atoms with Gasteiger partial charge in [0, 0.05) is 24.3 Å². The van der Waals surface area contributed by atoms with Gasteiger partial charge in [-0.1, -0.05) is 5.21 Å². The highest BCUT2D eigenvalue weighted by Crippen LogP contribution is 2.37. The predicted molar refractivity (Wildman–Crippen MR) is 94.3 cm³/mol. The minimum atomic E-state index is 0.414. The molecular weight excluding hydrogens is 318 g/mol. The molecule has 2 aliphatic rings. The number of anilines is 2. The lowest BCUT2D eigenvalue weighted by Crippen LogP contribution is -2.37. The first kappa shape index (κ1) is 14.6. The molecule has 0 spiro atoms. The van der Waals surface area contributed by atoms with E-state index >= 15 is 0 Å². The molecule has 1 saturated heterocycles. The van der Waals surface area contributed by atoms with Gasteiger partial charge >= 0.3 is 0 Å². The molecule has 3 heterocycles. The molecule has 1 saturated carbocycles. The molecular formula is C17H19N7O. The average molecular weight is 337 g/mol. The number of fused-ring (bicyclic) bond motifs is 1. The second-order valence-electron chi connectivity index (χ2n) is 6.53. The number of hydrogen-bond donors (Lipinski definition) is 1. The molecule has 3 aromatic rings. The van der Waals surface area contributed by atoms with Gasteiger partial charge in [-0.05, 0) is 37.1 Å². The third kappa shape index (κ3) is 2.58. The average Bonchev–Trinajstić information content (AvgIpc) is 3.41. The van der Waals surface area contributed by atoms with Crippen LogP contribution in [-0.4, -0.2) is 51.3 Å². The van der Waals surface area contributed by atoms with E-state index in [0.29, 0.717) is 25.1 Å². The van der Waals surface area contributed by atoms with E-state index in [1.807, 2.05) is 28.9 Å². The third-order valence-electron chi connectivity index (χ3n) is 4.68. The van der Waals surface area contributed by atoms with Crippen molar-refractivity contribution in [3.8, 4) is 11.4 Å². The zero-order valence-electron chi connectivity index (χ0n) is 13.8. The monoisotopic (exact) mass is 337 g/mol. The van der Waals surface area contributed by atoms with E-state index in [-0.39, 0.29) is 0 Å². The summed E-state index contributed by atoms with van der Waals surface area (Å²) in [6, 6.07) is 8.05. The van der Waals surface area contributed by atoms with E-state index in [0.717, 1.165) is 54.2 Å². The van der Waals surface area contributed by atoms with Crippen molar-refractivity contribution in [1.82, 2.24) is 25.0 Å². The normalized spacial score (nSPS) is 18.0. The highest BCUT2D eigenvalue weighted by molar-refractivity contribution is 5.85. The van der Waals surface area contributed by atoms with E-state index in [1.54, 1.807) is 0 Å². The minimum Gasteiger partial charge on any atom is -0.399 e. The van der Waals surface area contributed by atoms with Gasteiger partial charge in [0.15, 0.2) is 22.8 Å². The Balaban J connectivity index is 1.69. The summed E-state index contributed by atoms with van der Waals surface area (Å²) in [5.41, 5.74) is 9.06. The van der Waals surface area contributed by atoms with E-state index in [4.69, 9.17) is 20.4 Å². The van der Waals surface area contributed by atoms with Crippen LogP contribution >= 0.6 is 0 Å². The zero-order chi connectivity index (χ0) is 16.8. The fourth-order valence-corrected chi connectivity index (χ4v) is 3.14. The molecule has 2 aromatic heterocycles. The van der Waals surface area contributed by atoms with Crippen molar-refractivity contribution in [2.24, 2.45) is 0 Å². The molecule has 1 aliphatic heterocycles. The molecule has 0 amide bonds. The number of morpholine rings is 1. The van der Waals surface area contributed by atoms with Crippen molar-refractivity contribution in [1.29, 1.82) is 0 Å². The van der Waals surface area contributed by atoms with Crippen molar-refractivity contribution >= 4 is 22.7 Å². The summed E-state index contributed by atoms with van der Waals surface area (Å²) in [4.78, 5) is 11.8. The Kier molecular flexibility index (Phi) is 3.30. The summed E-state index contributed by atoms with van der Waals surface area (Å²) in [6.45, 7) is 2.98. The first-order valence-corrected chi connectivity index (χ1v) is 8.61. The van der Waals surface area contributed by atoms with Crippen molar-refractivity contribution in [3.63, 3.8) is 0 Å². The Labute approximate surface area is 144 Å². The Morgan fingerprint density at radius 3 is 2.52 bits per heavy atom. The number of ether oxygens (including phenoxy) is 1. The van der Waals surface area contributed by atoms with Crippen molar-refractivity contribution in [2.75, 3.05) is 36.9 Å². The first-order chi connectivity index (χ1) is 12.3. The molecule has 128 valence electrons. The molecule has 25 heavy (non-hydrogen) atoms. The summed E-state index contributed by atoms with van der Waals surface area (Å²) in [6.07, 6.45) is 2.26. The summed E-state index contributed by atoms with van der Waals surface area (Å²) in [5, 5.41) is 8.74. The van der Waals surface area contributed by atoms with Gasteiger partial charge in [-0.3, -0.25) is 0 Å². The van der Waals surface area contributed by atoms with Gasteiger partial charge in [0.2, 0.25) is 0 Å². The van der Waals surface area contributed by atoms with Crippen LogP contribution in [0.1, 0.15) is 18.9 Å². The van der Waals surface area contributed by atoms with Crippen molar-refractivity contribution in [3.05, 3.63) is 24.3 Å². The lowest BCUT2D eigenvalue weighted by molar-refractivity contribution is 0.122. The number of benzene rings is 1. The second kappa shape index (κ2) is 5.66. The van der Waals surface area contributed by atoms with E-state index in [2.05, 4.69) is 15.2 Å². The number of nitrogens with zero attached hydrogens (tertiary/aromatic N) is 6. The Morgan fingerprint density at radius 1 is 1.04 bits per heavy atom. The van der Waals surface area contributed by atoms with Crippen LogP contribution in [0.2, 0.25) is 0 Å². The maximum atomic E-state index is 5.81. The molecule has 8 heteroatoms. The fraction of sp³-hybridized carbons (Fsp3) is 0.412. The molecule has 1 aromatic carbocycles. The van der Waals surface area contributed by atoms with Gasteiger partial charge in [-0.2, -0.15) is 0 Å². The van der Waals surface area contributed by atoms with Crippen LogP contribution in [-0.2, 0) is 4.74 Å². The summed E-state index contributed by atoms with van der Waals surface area (Å²) in [5.74, 6) is 1.52. The van der Waals surface area contributed by atoms with Gasteiger partial charge in [0.1, 0.15) is 0 Å². The standard InChI is InChI=1S/C17H19N7O/c18-12-3-1-11(2-4-12)15-19-16(23-7-9-25-10-8-23)14-17(20-15)24(22-21-14)13-5-6-13/h1-4,13H,5-10,18H2. The van der Waals surface area contributed by atoms with Crippen LogP contribution in [0.4, 0.5) is 11.5 Å². The fourth-order valence-electron chi connectivity index (χ4n) is 3.14. The van der Waals surface area contributed by atoms with Gasteiger partial charge < -0.3 is 15.4 Å². The van der Waals surface area contributed by atoms with E-state index < -0.39 is 0 Å². The van der Waals surface area contributed by atoms with Gasteiger partial charge in [-0.25, -0.2) is 14.6 Å². The predicted octanol–water partition coefficient (Wildman–Crippen LogP) is 1.64. The zero-order valence-corrected chi connectivity index (χ0v) is 13.8. The minimum absolute atomic E-state index is 0.414. The largest absolute Gasteiger partial charge is 0.399 e. The molecule has 5 rings (SSSR count). The maximum absolute atomic E-state index is 5.81. The maximum Gasteiger partial charge on any atom is 0.184 e. The summed E-state index contributed by atoms with van der Waals surface area (Å²) < 4.78 is 7.42. The van der Waals surface area contributed by atoms with Gasteiger partial charge in [0.25, 0.3) is 0 Å². The van der Waals surface area contributed by atoms with Crippen LogP contribution in [0.25, 0.3) is 22.6 Å². The number of nitrogen functional groups attached to an aromatic ring is 1. The number of rotatable bonds is 3. The topological polar surface area (TPSA) is 95.0 Å². The number of nitrogens with two attached hydrogens (primary N) is 1. The molecule has 8 nitrogen and oxygen atoms in total. The Morgan fingerprint density at radius 2 is 1.80 bits per heavy atom. The summed E-state index contributed by atoms with van der Waals surface area (Å²) in [7, 11) is 0. The molecule has 1 aliphatic carbocycles. The SMILES string of the molecule is Nc1ccc(-c2nc(N3CCOCC3)c3nnn(C4CC4)c3n2)cc1. The molecule has 0 bridgehead atoms. The molecule has 2 fully saturated rings. The van der Waals surface area contributed by atoms with Gasteiger partial charge in [0.05, 0.1) is 19.3 Å². The molecule has 0 atom stereocenters. The van der Waals surface area contributed by atoms with Crippen LogP contribution in [0, 0.1) is 0 Å². The lowest BCUT2D eigenvalue weighted by Gasteiger charge is -2.28. The van der Waals surface area contributed by atoms with Crippen molar-refractivity contribution in [2.45, 2.75) is 18.9 Å². The lowest BCUT2D eigenvalue weighted by atomic mass is 10.2. The van der Waals surface area contributed by atoms with Crippen LogP contribution in [0.5, 0.6) is 0 Å². The van der Waals surface area contributed by atoms with Crippen LogP contribution < -0.4 is 10.6 Å². The third-order valence-corrected chi connectivity index (χ3v) is 4.68. The molecule has 2 N–H and O–H groups in total. The number of hydrogen-bond acceptors (Lipinski definition) is 7. The second-order valence-corrected chi connectivity index (χ2v) is 6.53. The molecule has 0 radical (unpaired) electrons.